The number of amides is 1. The van der Waals surface area contributed by atoms with E-state index in [9.17, 15) is 9.18 Å². The molecule has 0 unspecified atom stereocenters. The van der Waals surface area contributed by atoms with Crippen molar-refractivity contribution >= 4 is 22.6 Å². The molecule has 0 aliphatic carbocycles. The Bertz CT molecular complexity index is 831. The predicted octanol–water partition coefficient (Wildman–Crippen LogP) is 2.73. The number of anilines is 1. The fourth-order valence-corrected chi connectivity index (χ4v) is 1.96. The van der Waals surface area contributed by atoms with Crippen molar-refractivity contribution in [3.05, 3.63) is 60.2 Å². The average Bonchev–Trinajstić information content (AvgIpc) is 2.50. The van der Waals surface area contributed by atoms with Gasteiger partial charge in [-0.05, 0) is 24.3 Å². The summed E-state index contributed by atoms with van der Waals surface area (Å²) in [5, 5.41) is 11.7. The van der Waals surface area contributed by atoms with Crippen LogP contribution in [0.3, 0.4) is 0 Å². The Morgan fingerprint density at radius 2 is 1.95 bits per heavy atom. The summed E-state index contributed by atoms with van der Waals surface area (Å²) in [6.07, 6.45) is 3.04. The van der Waals surface area contributed by atoms with Gasteiger partial charge in [-0.15, -0.1) is 0 Å². The molecule has 3 aromatic rings. The van der Waals surface area contributed by atoms with Crippen molar-refractivity contribution in [3.8, 4) is 5.75 Å². The molecule has 1 amide bonds. The van der Waals surface area contributed by atoms with E-state index in [-0.39, 0.29) is 5.69 Å². The lowest BCUT2D eigenvalue weighted by molar-refractivity contribution is 0.102. The van der Waals surface area contributed by atoms with Crippen molar-refractivity contribution in [3.63, 3.8) is 0 Å². The Kier molecular flexibility index (Phi) is 3.19. The minimum Gasteiger partial charge on any atom is -0.505 e. The maximum absolute atomic E-state index is 13.3. The summed E-state index contributed by atoms with van der Waals surface area (Å²) in [6, 6.07) is 8.69. The first-order chi connectivity index (χ1) is 10.1. The Labute approximate surface area is 119 Å². The molecule has 0 saturated carbocycles. The van der Waals surface area contributed by atoms with Crippen LogP contribution < -0.4 is 5.32 Å². The second-order valence-electron chi connectivity index (χ2n) is 4.35. The molecule has 0 saturated heterocycles. The number of phenolic OH excluding ortho intramolecular Hbond substituents is 1. The molecule has 5 nitrogen and oxygen atoms in total. The molecular formula is C15H10FN3O2. The Hall–Kier alpha value is -3.02. The molecule has 1 heterocycles. The molecule has 3 rings (SSSR count). The maximum Gasteiger partial charge on any atom is 0.257 e. The number of halogens is 1. The summed E-state index contributed by atoms with van der Waals surface area (Å²) in [7, 11) is 0. The van der Waals surface area contributed by atoms with Crippen molar-refractivity contribution in [2.24, 2.45) is 0 Å². The third-order valence-corrected chi connectivity index (χ3v) is 2.95. The van der Waals surface area contributed by atoms with Gasteiger partial charge in [0.2, 0.25) is 0 Å². The van der Waals surface area contributed by atoms with Crippen LogP contribution in [0.2, 0.25) is 0 Å². The second kappa shape index (κ2) is 5.16. The molecule has 0 spiro atoms. The van der Waals surface area contributed by atoms with E-state index in [0.717, 1.165) is 6.07 Å². The van der Waals surface area contributed by atoms with E-state index >= 15 is 0 Å². The quantitative estimate of drug-likeness (QED) is 0.709. The number of nitrogens with zero attached hydrogens (tertiary/aromatic N) is 2. The fourth-order valence-electron chi connectivity index (χ4n) is 1.96. The summed E-state index contributed by atoms with van der Waals surface area (Å²) >= 11 is 0. The highest BCUT2D eigenvalue weighted by Gasteiger charge is 2.12. The standard InChI is InChI=1S/C15H10FN3O2/c16-11-8-9(4-5-13(11)20)19-15(21)10-2-1-3-12-14(10)18-7-6-17-12/h1-8,20H,(H,19,21). The largest absolute Gasteiger partial charge is 0.505 e. The molecule has 0 aliphatic heterocycles. The Balaban J connectivity index is 1.95. The number of phenols is 1. The number of rotatable bonds is 2. The number of fused-ring (bicyclic) bond motifs is 1. The van der Waals surface area contributed by atoms with Gasteiger partial charge < -0.3 is 10.4 Å². The number of hydrogen-bond acceptors (Lipinski definition) is 4. The summed E-state index contributed by atoms with van der Waals surface area (Å²) in [6.45, 7) is 0. The van der Waals surface area contributed by atoms with Gasteiger partial charge in [0.05, 0.1) is 11.1 Å². The van der Waals surface area contributed by atoms with Crippen molar-refractivity contribution in [2.45, 2.75) is 0 Å². The van der Waals surface area contributed by atoms with E-state index in [1.54, 1.807) is 24.4 Å². The molecule has 0 radical (unpaired) electrons. The maximum atomic E-state index is 13.3. The third-order valence-electron chi connectivity index (χ3n) is 2.95. The Morgan fingerprint density at radius 1 is 1.14 bits per heavy atom. The van der Waals surface area contributed by atoms with Crippen molar-refractivity contribution < 1.29 is 14.3 Å². The van der Waals surface area contributed by atoms with Gasteiger partial charge in [0.1, 0.15) is 5.52 Å². The third kappa shape index (κ3) is 2.51. The summed E-state index contributed by atoms with van der Waals surface area (Å²) < 4.78 is 13.3. The fraction of sp³-hybridized carbons (Fsp3) is 0. The van der Waals surface area contributed by atoms with Gasteiger partial charge in [0.25, 0.3) is 5.91 Å². The first-order valence-electron chi connectivity index (χ1n) is 6.15. The lowest BCUT2D eigenvalue weighted by atomic mass is 10.1. The number of benzene rings is 2. The molecule has 2 N–H and O–H groups in total. The minimum absolute atomic E-state index is 0.246. The average molecular weight is 283 g/mol. The Morgan fingerprint density at radius 3 is 2.76 bits per heavy atom. The predicted molar refractivity (Wildman–Crippen MR) is 75.6 cm³/mol. The van der Waals surface area contributed by atoms with Crippen molar-refractivity contribution in [1.82, 2.24) is 9.97 Å². The summed E-state index contributed by atoms with van der Waals surface area (Å²) in [5.41, 5.74) is 1.66. The molecule has 0 aliphatic rings. The SMILES string of the molecule is O=C(Nc1ccc(O)c(F)c1)c1cccc2nccnc12. The molecule has 1 aromatic heterocycles. The number of carbonyl (C=O) groups excluding carboxylic acids is 1. The smallest absolute Gasteiger partial charge is 0.257 e. The lowest BCUT2D eigenvalue weighted by Crippen LogP contribution is -2.13. The molecule has 6 heteroatoms. The van der Waals surface area contributed by atoms with E-state index in [0.29, 0.717) is 16.6 Å². The van der Waals surface area contributed by atoms with Gasteiger partial charge in [0, 0.05) is 24.1 Å². The van der Waals surface area contributed by atoms with E-state index in [1.807, 2.05) is 0 Å². The number of nitrogens with one attached hydrogen (secondary N) is 1. The first-order valence-corrected chi connectivity index (χ1v) is 6.15. The van der Waals surface area contributed by atoms with Crippen molar-refractivity contribution in [2.75, 3.05) is 5.32 Å². The highest BCUT2D eigenvalue weighted by Crippen LogP contribution is 2.21. The second-order valence-corrected chi connectivity index (χ2v) is 4.35. The summed E-state index contributed by atoms with van der Waals surface area (Å²) in [5.74, 6) is -1.69. The molecule has 21 heavy (non-hydrogen) atoms. The minimum atomic E-state index is -0.800. The number of aromatic nitrogens is 2. The van der Waals surface area contributed by atoms with Gasteiger partial charge in [0.15, 0.2) is 11.6 Å². The zero-order valence-corrected chi connectivity index (χ0v) is 10.7. The van der Waals surface area contributed by atoms with Gasteiger partial charge >= 0.3 is 0 Å². The van der Waals surface area contributed by atoms with Crippen LogP contribution in [0.25, 0.3) is 11.0 Å². The molecule has 104 valence electrons. The zero-order chi connectivity index (χ0) is 14.8. The van der Waals surface area contributed by atoms with Crippen LogP contribution in [0.4, 0.5) is 10.1 Å². The van der Waals surface area contributed by atoms with Crippen LogP contribution in [-0.4, -0.2) is 21.0 Å². The van der Waals surface area contributed by atoms with E-state index in [2.05, 4.69) is 15.3 Å². The van der Waals surface area contributed by atoms with Gasteiger partial charge in [-0.1, -0.05) is 6.07 Å². The molecule has 0 atom stereocenters. The van der Waals surface area contributed by atoms with E-state index in [1.165, 1.54) is 18.3 Å². The van der Waals surface area contributed by atoms with Crippen LogP contribution in [0.5, 0.6) is 5.75 Å². The number of hydrogen-bond donors (Lipinski definition) is 2. The number of para-hydroxylation sites is 1. The highest BCUT2D eigenvalue weighted by molar-refractivity contribution is 6.11. The van der Waals surface area contributed by atoms with E-state index in [4.69, 9.17) is 5.11 Å². The normalized spacial score (nSPS) is 10.5. The first kappa shape index (κ1) is 13.0. The van der Waals surface area contributed by atoms with Crippen LogP contribution in [-0.2, 0) is 0 Å². The van der Waals surface area contributed by atoms with Crippen molar-refractivity contribution in [1.29, 1.82) is 0 Å². The van der Waals surface area contributed by atoms with Gasteiger partial charge in [-0.25, -0.2) is 4.39 Å². The number of carbonyl (C=O) groups is 1. The monoisotopic (exact) mass is 283 g/mol. The molecular weight excluding hydrogens is 273 g/mol. The summed E-state index contributed by atoms with van der Waals surface area (Å²) in [4.78, 5) is 20.5. The van der Waals surface area contributed by atoms with Crippen LogP contribution in [0, 0.1) is 5.82 Å². The molecule has 2 aromatic carbocycles. The van der Waals surface area contributed by atoms with Gasteiger partial charge in [-0.2, -0.15) is 0 Å². The van der Waals surface area contributed by atoms with Crippen LogP contribution in [0.15, 0.2) is 48.8 Å². The van der Waals surface area contributed by atoms with Crippen LogP contribution >= 0.6 is 0 Å². The van der Waals surface area contributed by atoms with E-state index < -0.39 is 17.5 Å². The zero-order valence-electron chi connectivity index (χ0n) is 10.7. The number of aromatic hydroxyl groups is 1. The lowest BCUT2D eigenvalue weighted by Gasteiger charge is -2.07. The highest BCUT2D eigenvalue weighted by atomic mass is 19.1. The van der Waals surface area contributed by atoms with Gasteiger partial charge in [-0.3, -0.25) is 14.8 Å². The topological polar surface area (TPSA) is 75.1 Å². The molecule has 0 bridgehead atoms. The molecule has 0 fully saturated rings. The van der Waals surface area contributed by atoms with Crippen LogP contribution in [0.1, 0.15) is 10.4 Å².